The molecule has 19 heavy (non-hydrogen) atoms. The summed E-state index contributed by atoms with van der Waals surface area (Å²) in [7, 11) is 0. The molecule has 0 rings (SSSR count). The van der Waals surface area contributed by atoms with Crippen molar-refractivity contribution < 1.29 is 49.2 Å². The number of carboxylic acids is 4. The van der Waals surface area contributed by atoms with Crippen LogP contribution in [0.5, 0.6) is 0 Å². The summed E-state index contributed by atoms with van der Waals surface area (Å²) in [5.74, 6) is -10.4. The molecule has 0 atom stereocenters. The van der Waals surface area contributed by atoms with Crippen LogP contribution >= 0.6 is 0 Å². The van der Waals surface area contributed by atoms with Crippen LogP contribution in [0.3, 0.4) is 0 Å². The third-order valence-corrected chi connectivity index (χ3v) is 1.07. The number of rotatable bonds is 6. The second-order valence-corrected chi connectivity index (χ2v) is 2.52. The summed E-state index contributed by atoms with van der Waals surface area (Å²) in [6, 6.07) is 0. The van der Waals surface area contributed by atoms with Gasteiger partial charge >= 0.3 is 23.1 Å². The summed E-state index contributed by atoms with van der Waals surface area (Å²) in [6.45, 7) is 0. The minimum absolute atomic E-state index is 0. The van der Waals surface area contributed by atoms with E-state index in [0.717, 1.165) is 0 Å². The molecule has 0 aromatic heterocycles. The van der Waals surface area contributed by atoms with Gasteiger partial charge in [0.2, 0.25) is 0 Å². The van der Waals surface area contributed by atoms with E-state index in [2.05, 4.69) is 0 Å². The number of carboxylic acid groups (broad SMARTS) is 4. The van der Waals surface area contributed by atoms with E-state index in [1.165, 1.54) is 0 Å². The molecule has 0 aliphatic heterocycles. The van der Waals surface area contributed by atoms with Crippen molar-refractivity contribution in [3.8, 4) is 0 Å². The fourth-order valence-electron chi connectivity index (χ4n) is 0.407. The number of aliphatic carboxylic acids is 4. The largest absolute Gasteiger partial charge is 2.00 e. The Morgan fingerprint density at radius 2 is 0.789 bits per heavy atom. The number of carbonyl (C=O) groups excluding carboxylic acids is 6. The molecule has 0 bridgehead atoms. The molecule has 0 heterocycles. The molecule has 0 aliphatic rings. The van der Waals surface area contributed by atoms with Gasteiger partial charge in [0.25, 0.3) is 0 Å². The zero-order chi connectivity index (χ0) is 14.9. The van der Waals surface area contributed by atoms with Crippen molar-refractivity contribution in [2.24, 2.45) is 0 Å². The zero-order valence-electron chi connectivity index (χ0n) is 9.20. The van der Waals surface area contributed by atoms with Crippen molar-refractivity contribution >= 4 is 58.5 Å². The van der Waals surface area contributed by atoms with Crippen molar-refractivity contribution in [3.05, 3.63) is 0 Å². The fourth-order valence-corrected chi connectivity index (χ4v) is 0.407. The van der Waals surface area contributed by atoms with Crippen molar-refractivity contribution in [1.29, 1.82) is 0 Å². The molecule has 11 heteroatoms. The third kappa shape index (κ3) is 16.0. The predicted octanol–water partition coefficient (Wildman–Crippen LogP) is -7.49. The number of hydrogen-bond donors (Lipinski definition) is 0. The fraction of sp³-hybridized carbons (Fsp3) is 0.250. The summed E-state index contributed by atoms with van der Waals surface area (Å²) in [5.41, 5.74) is 0. The van der Waals surface area contributed by atoms with E-state index in [9.17, 15) is 49.2 Å². The molecule has 0 aliphatic carbocycles. The SMILES string of the molecule is O=C([O-])CC(=O)C(=O)[O-].O=C([O-])CC(=O)C(=O)[O-].[Mg+2]. The summed E-state index contributed by atoms with van der Waals surface area (Å²) in [5, 5.41) is 37.9. The van der Waals surface area contributed by atoms with E-state index >= 15 is 0 Å². The van der Waals surface area contributed by atoms with Gasteiger partial charge < -0.3 is 39.6 Å². The minimum atomic E-state index is -2.00. The average Bonchev–Trinajstić information content (AvgIpc) is 2.16. The number of carbonyl (C=O) groups is 6. The van der Waals surface area contributed by atoms with E-state index in [0.29, 0.717) is 0 Å². The maximum absolute atomic E-state index is 9.87. The zero-order valence-corrected chi connectivity index (χ0v) is 10.6. The van der Waals surface area contributed by atoms with Gasteiger partial charge in [-0.05, 0) is 0 Å². The molecule has 0 amide bonds. The first-order valence-corrected chi connectivity index (χ1v) is 3.96. The van der Waals surface area contributed by atoms with E-state index in [1.54, 1.807) is 0 Å². The Balaban J connectivity index is -0.000000256. The van der Waals surface area contributed by atoms with Crippen LogP contribution in [0.4, 0.5) is 0 Å². The first-order valence-electron chi connectivity index (χ1n) is 3.96. The van der Waals surface area contributed by atoms with Crippen LogP contribution in [-0.2, 0) is 28.8 Å². The van der Waals surface area contributed by atoms with Crippen molar-refractivity contribution in [2.45, 2.75) is 12.8 Å². The molecule has 0 fully saturated rings. The van der Waals surface area contributed by atoms with E-state index in [1.807, 2.05) is 0 Å². The standard InChI is InChI=1S/2C4H4O5.Mg/c2*5-2(4(8)9)1-3(6)7;/h2*1H2,(H,6,7)(H,8,9);/q;;+2/p-4. The smallest absolute Gasteiger partial charge is 0.550 e. The van der Waals surface area contributed by atoms with Gasteiger partial charge in [-0.15, -0.1) is 0 Å². The minimum Gasteiger partial charge on any atom is -0.550 e. The quantitative estimate of drug-likeness (QED) is 0.256. The summed E-state index contributed by atoms with van der Waals surface area (Å²) < 4.78 is 0. The molecular weight excluding hydrogens is 280 g/mol. The van der Waals surface area contributed by atoms with Crippen molar-refractivity contribution in [1.82, 2.24) is 0 Å². The predicted molar refractivity (Wildman–Crippen MR) is 45.0 cm³/mol. The van der Waals surface area contributed by atoms with E-state index < -0.39 is 48.3 Å². The van der Waals surface area contributed by atoms with Crippen LogP contribution < -0.4 is 20.4 Å². The first kappa shape index (κ1) is 22.2. The normalized spacial score (nSPS) is 8.00. The Labute approximate surface area is 121 Å². The topological polar surface area (TPSA) is 195 Å². The van der Waals surface area contributed by atoms with Crippen molar-refractivity contribution in [2.75, 3.05) is 0 Å². The average molecular weight is 284 g/mol. The van der Waals surface area contributed by atoms with Crippen LogP contribution in [0.15, 0.2) is 0 Å². The Morgan fingerprint density at radius 3 is 0.842 bits per heavy atom. The summed E-state index contributed by atoms with van der Waals surface area (Å²) in [6.07, 6.45) is -2.25. The van der Waals surface area contributed by atoms with Gasteiger partial charge in [0.15, 0.2) is 11.6 Å². The number of Topliss-reactive ketones (excluding diaryl/α,β-unsaturated/α-hetero) is 2. The Kier molecular flexibility index (Phi) is 13.0. The van der Waals surface area contributed by atoms with Gasteiger partial charge in [-0.2, -0.15) is 0 Å². The van der Waals surface area contributed by atoms with Crippen LogP contribution in [0.1, 0.15) is 12.8 Å². The molecule has 100 valence electrons. The van der Waals surface area contributed by atoms with Crippen LogP contribution in [0, 0.1) is 0 Å². The van der Waals surface area contributed by atoms with Crippen LogP contribution in [0.2, 0.25) is 0 Å². The molecule has 0 saturated heterocycles. The third-order valence-electron chi connectivity index (χ3n) is 1.07. The van der Waals surface area contributed by atoms with Crippen LogP contribution in [-0.4, -0.2) is 58.5 Å². The van der Waals surface area contributed by atoms with E-state index in [-0.39, 0.29) is 23.1 Å². The monoisotopic (exact) mass is 284 g/mol. The molecule has 0 unspecified atom stereocenters. The van der Waals surface area contributed by atoms with Gasteiger partial charge in [-0.25, -0.2) is 0 Å². The van der Waals surface area contributed by atoms with Gasteiger partial charge in [-0.3, -0.25) is 9.59 Å². The molecular formula is C8H4MgO10-2. The van der Waals surface area contributed by atoms with Gasteiger partial charge in [0, 0.05) is 11.9 Å². The summed E-state index contributed by atoms with van der Waals surface area (Å²) in [4.78, 5) is 57.7. The number of ketones is 2. The Bertz CT molecular complexity index is 360. The molecule has 0 N–H and O–H groups in total. The molecule has 0 spiro atoms. The molecule has 10 nitrogen and oxygen atoms in total. The van der Waals surface area contributed by atoms with Crippen molar-refractivity contribution in [3.63, 3.8) is 0 Å². The maximum Gasteiger partial charge on any atom is 2.00 e. The first-order chi connectivity index (χ1) is 8.07. The molecule has 0 radical (unpaired) electrons. The second-order valence-electron chi connectivity index (χ2n) is 2.52. The second kappa shape index (κ2) is 11.1. The molecule has 0 aromatic carbocycles. The Morgan fingerprint density at radius 1 is 0.579 bits per heavy atom. The molecule has 0 aromatic rings. The van der Waals surface area contributed by atoms with Gasteiger partial charge in [-0.1, -0.05) is 0 Å². The molecule has 0 saturated carbocycles. The van der Waals surface area contributed by atoms with Crippen LogP contribution in [0.25, 0.3) is 0 Å². The Hall–Kier alpha value is -2.01. The van der Waals surface area contributed by atoms with Gasteiger partial charge in [0.1, 0.15) is 11.9 Å². The number of hydrogen-bond acceptors (Lipinski definition) is 10. The van der Waals surface area contributed by atoms with Gasteiger partial charge in [0.05, 0.1) is 12.8 Å². The maximum atomic E-state index is 9.87. The summed E-state index contributed by atoms with van der Waals surface area (Å²) >= 11 is 0. The van der Waals surface area contributed by atoms with E-state index in [4.69, 9.17) is 0 Å².